The van der Waals surface area contributed by atoms with E-state index < -0.39 is 0 Å². The number of nitrogens with zero attached hydrogens (tertiary/aromatic N) is 3. The van der Waals surface area contributed by atoms with E-state index in [0.717, 1.165) is 6.20 Å². The van der Waals surface area contributed by atoms with E-state index in [1.54, 1.807) is 0 Å². The second kappa shape index (κ2) is 2.74. The summed E-state index contributed by atoms with van der Waals surface area (Å²) in [5, 5.41) is 0. The van der Waals surface area contributed by atoms with Crippen molar-refractivity contribution in [3.63, 3.8) is 0 Å². The second-order valence-corrected chi connectivity index (χ2v) is 2.33. The largest absolute Gasteiger partial charge is 0.304 e. The molecule has 0 aliphatic rings. The van der Waals surface area contributed by atoms with Crippen molar-refractivity contribution in [1.82, 2.24) is 19.9 Å². The van der Waals surface area contributed by atoms with Gasteiger partial charge in [0.15, 0.2) is 17.8 Å². The summed E-state index contributed by atoms with van der Waals surface area (Å²) in [6.07, 6.45) is 3.01. The number of aromatic nitrogens is 4. The maximum absolute atomic E-state index is 10.8. The molecular formula is C7H4N4O2. The highest BCUT2D eigenvalue weighted by atomic mass is 16.1. The van der Waals surface area contributed by atoms with E-state index in [0.29, 0.717) is 11.8 Å². The van der Waals surface area contributed by atoms with Crippen molar-refractivity contribution in [3.8, 4) is 0 Å². The van der Waals surface area contributed by atoms with Gasteiger partial charge in [0.05, 0.1) is 12.4 Å². The van der Waals surface area contributed by atoms with Crippen molar-refractivity contribution < 1.29 is 4.79 Å². The number of hydrogen-bond acceptors (Lipinski definition) is 5. The van der Waals surface area contributed by atoms with Crippen molar-refractivity contribution >= 4 is 17.5 Å². The van der Waals surface area contributed by atoms with Crippen molar-refractivity contribution in [2.75, 3.05) is 0 Å². The molecule has 0 spiro atoms. The summed E-state index contributed by atoms with van der Waals surface area (Å²) in [4.78, 5) is 34.8. The molecule has 0 saturated carbocycles. The Morgan fingerprint density at radius 2 is 2.15 bits per heavy atom. The zero-order valence-electron chi connectivity index (χ0n) is 6.39. The minimum absolute atomic E-state index is 0.0242. The summed E-state index contributed by atoms with van der Waals surface area (Å²) < 4.78 is 0. The lowest BCUT2D eigenvalue weighted by atomic mass is 10.5. The molecule has 1 N–H and O–H groups in total. The highest BCUT2D eigenvalue weighted by molar-refractivity contribution is 5.75. The summed E-state index contributed by atoms with van der Waals surface area (Å²) in [6.45, 7) is 0. The van der Waals surface area contributed by atoms with Crippen LogP contribution in [0.1, 0.15) is 10.6 Å². The molecule has 0 radical (unpaired) electrons. The number of rotatable bonds is 1. The molecule has 0 aliphatic heterocycles. The Labute approximate surface area is 71.7 Å². The van der Waals surface area contributed by atoms with Crippen LogP contribution in [0.4, 0.5) is 0 Å². The van der Waals surface area contributed by atoms with Crippen molar-refractivity contribution in [3.05, 3.63) is 28.6 Å². The zero-order valence-corrected chi connectivity index (χ0v) is 6.39. The zero-order chi connectivity index (χ0) is 9.26. The predicted molar refractivity (Wildman–Crippen MR) is 43.3 cm³/mol. The molecule has 6 nitrogen and oxygen atoms in total. The van der Waals surface area contributed by atoms with Crippen LogP contribution in [-0.2, 0) is 0 Å². The molecule has 0 atom stereocenters. The minimum Gasteiger partial charge on any atom is -0.304 e. The molecule has 0 bridgehead atoms. The topological polar surface area (TPSA) is 88.6 Å². The normalized spacial score (nSPS) is 10.2. The maximum atomic E-state index is 10.8. The molecule has 0 aromatic carbocycles. The fourth-order valence-corrected chi connectivity index (χ4v) is 0.909. The van der Waals surface area contributed by atoms with E-state index in [1.807, 2.05) is 0 Å². The summed E-state index contributed by atoms with van der Waals surface area (Å²) in [7, 11) is 0. The molecule has 0 amide bonds. The summed E-state index contributed by atoms with van der Waals surface area (Å²) in [5.41, 5.74) is 0.359. The molecule has 13 heavy (non-hydrogen) atoms. The minimum atomic E-state index is -0.358. The van der Waals surface area contributed by atoms with Gasteiger partial charge in [0, 0.05) is 0 Å². The van der Waals surface area contributed by atoms with Gasteiger partial charge in [-0.3, -0.25) is 9.59 Å². The molecular weight excluding hydrogens is 172 g/mol. The lowest BCUT2D eigenvalue weighted by molar-refractivity contribution is 0.111. The van der Waals surface area contributed by atoms with E-state index >= 15 is 0 Å². The lowest BCUT2D eigenvalue weighted by Gasteiger charge is -1.93. The van der Waals surface area contributed by atoms with Crippen LogP contribution in [-0.4, -0.2) is 26.2 Å². The van der Waals surface area contributed by atoms with Crippen molar-refractivity contribution in [1.29, 1.82) is 0 Å². The second-order valence-electron chi connectivity index (χ2n) is 2.33. The average Bonchev–Trinajstić information content (AvgIpc) is 2.16. The first kappa shape index (κ1) is 7.53. The van der Waals surface area contributed by atoms with Crippen molar-refractivity contribution in [2.24, 2.45) is 0 Å². The van der Waals surface area contributed by atoms with Crippen LogP contribution in [0.3, 0.4) is 0 Å². The Morgan fingerprint density at radius 1 is 1.31 bits per heavy atom. The quantitative estimate of drug-likeness (QED) is 0.593. The van der Waals surface area contributed by atoms with Gasteiger partial charge in [0.2, 0.25) is 0 Å². The highest BCUT2D eigenvalue weighted by Gasteiger charge is 1.99. The summed E-state index contributed by atoms with van der Waals surface area (Å²) in [6, 6.07) is 0. The first-order chi connectivity index (χ1) is 6.29. The van der Waals surface area contributed by atoms with E-state index in [2.05, 4.69) is 19.9 Å². The van der Waals surface area contributed by atoms with Crippen LogP contribution in [0, 0.1) is 0 Å². The fourth-order valence-electron chi connectivity index (χ4n) is 0.909. The Morgan fingerprint density at radius 3 is 2.92 bits per heavy atom. The van der Waals surface area contributed by atoms with Gasteiger partial charge >= 0.3 is 0 Å². The third-order valence-corrected chi connectivity index (χ3v) is 1.46. The number of aromatic amines is 1. The number of H-pyrrole nitrogens is 1. The third kappa shape index (κ3) is 1.28. The molecule has 64 valence electrons. The molecule has 0 fully saturated rings. The Balaban J connectivity index is 2.82. The monoisotopic (exact) mass is 176 g/mol. The molecule has 0 aliphatic carbocycles. The van der Waals surface area contributed by atoms with Gasteiger partial charge in [-0.2, -0.15) is 0 Å². The Hall–Kier alpha value is -2.11. The number of fused-ring (bicyclic) bond motifs is 1. The fraction of sp³-hybridized carbons (Fsp3) is 0. The Kier molecular flexibility index (Phi) is 1.59. The van der Waals surface area contributed by atoms with Crippen LogP contribution >= 0.6 is 0 Å². The standard InChI is InChI=1S/C7H4N4O2/c12-3-5-9-1-4-7(10-5)11-6(13)2-8-4/h1-3H,(H,9,10,11,13). The lowest BCUT2D eigenvalue weighted by Crippen LogP contribution is -2.07. The third-order valence-electron chi connectivity index (χ3n) is 1.46. The SMILES string of the molecule is O=Cc1ncc2ncc(=O)[nH]c2n1. The van der Waals surface area contributed by atoms with Gasteiger partial charge in [-0.05, 0) is 0 Å². The summed E-state index contributed by atoms with van der Waals surface area (Å²) >= 11 is 0. The molecule has 2 aromatic heterocycles. The van der Waals surface area contributed by atoms with E-state index in [1.165, 1.54) is 6.20 Å². The highest BCUT2D eigenvalue weighted by Crippen LogP contribution is 1.99. The molecule has 6 heteroatoms. The molecule has 0 unspecified atom stereocenters. The number of hydrogen-bond donors (Lipinski definition) is 1. The number of carbonyl (C=O) groups excluding carboxylic acids is 1. The number of carbonyl (C=O) groups is 1. The van der Waals surface area contributed by atoms with Gasteiger partial charge in [-0.1, -0.05) is 0 Å². The number of nitrogens with one attached hydrogen (secondary N) is 1. The van der Waals surface area contributed by atoms with Gasteiger partial charge in [0.25, 0.3) is 5.56 Å². The average molecular weight is 176 g/mol. The van der Waals surface area contributed by atoms with Crippen LogP contribution in [0.25, 0.3) is 11.2 Å². The van der Waals surface area contributed by atoms with Crippen LogP contribution < -0.4 is 5.56 Å². The van der Waals surface area contributed by atoms with Gasteiger partial charge in [-0.15, -0.1) is 0 Å². The van der Waals surface area contributed by atoms with Crippen LogP contribution in [0.5, 0.6) is 0 Å². The maximum Gasteiger partial charge on any atom is 0.268 e. The summed E-state index contributed by atoms with van der Waals surface area (Å²) in [5.74, 6) is 0.0242. The van der Waals surface area contributed by atoms with E-state index in [9.17, 15) is 9.59 Å². The first-order valence-electron chi connectivity index (χ1n) is 3.47. The van der Waals surface area contributed by atoms with Gasteiger partial charge in [0.1, 0.15) is 5.52 Å². The van der Waals surface area contributed by atoms with E-state index in [4.69, 9.17) is 0 Å². The molecule has 0 saturated heterocycles. The van der Waals surface area contributed by atoms with E-state index in [-0.39, 0.29) is 17.0 Å². The van der Waals surface area contributed by atoms with Crippen LogP contribution in [0.15, 0.2) is 17.2 Å². The predicted octanol–water partition coefficient (Wildman–Crippen LogP) is -0.474. The Bertz CT molecular complexity index is 519. The van der Waals surface area contributed by atoms with Gasteiger partial charge < -0.3 is 4.98 Å². The first-order valence-corrected chi connectivity index (χ1v) is 3.47. The molecule has 2 heterocycles. The van der Waals surface area contributed by atoms with Crippen molar-refractivity contribution in [2.45, 2.75) is 0 Å². The molecule has 2 rings (SSSR count). The number of aldehydes is 1. The smallest absolute Gasteiger partial charge is 0.268 e. The molecule has 2 aromatic rings. The van der Waals surface area contributed by atoms with Gasteiger partial charge in [-0.25, -0.2) is 15.0 Å². The van der Waals surface area contributed by atoms with Crippen LogP contribution in [0.2, 0.25) is 0 Å².